The summed E-state index contributed by atoms with van der Waals surface area (Å²) in [6.45, 7) is 3.16. The van der Waals surface area contributed by atoms with Crippen molar-refractivity contribution in [3.63, 3.8) is 0 Å². The number of halogens is 1. The molecule has 0 bridgehead atoms. The van der Waals surface area contributed by atoms with Crippen LogP contribution in [0.15, 0.2) is 53.5 Å². The first-order valence-corrected chi connectivity index (χ1v) is 14.9. The Morgan fingerprint density at radius 2 is 1.51 bits per heavy atom. The third-order valence-corrected chi connectivity index (χ3v) is 7.09. The summed E-state index contributed by atoms with van der Waals surface area (Å²) in [4.78, 5) is 36.2. The summed E-state index contributed by atoms with van der Waals surface area (Å²) < 4.78 is 0. The number of hydrogen-bond acceptors (Lipinski definition) is 8. The largest absolute Gasteiger partial charge is 0.382 e. The molecular weight excluding hydrogens is 566 g/mol. The van der Waals surface area contributed by atoms with Gasteiger partial charge in [0.15, 0.2) is 28.4 Å². The average Bonchev–Trinajstić information content (AvgIpc) is 2.98. The van der Waals surface area contributed by atoms with E-state index in [2.05, 4.69) is 74.1 Å². The zero-order chi connectivity index (χ0) is 31.2. The third kappa shape index (κ3) is 11.5. The fourth-order valence-electron chi connectivity index (χ4n) is 4.36. The Bertz CT molecular complexity index is 1380. The number of nitrogens with two attached hydrogens (primary N) is 4. The Kier molecular flexibility index (Phi) is 13.2. The number of guanidine groups is 1. The summed E-state index contributed by atoms with van der Waals surface area (Å²) in [6.07, 6.45) is 6.77. The van der Waals surface area contributed by atoms with Crippen molar-refractivity contribution < 1.29 is 9.59 Å². The van der Waals surface area contributed by atoms with E-state index in [-0.39, 0.29) is 40.4 Å². The van der Waals surface area contributed by atoms with E-state index in [1.807, 2.05) is 6.92 Å². The Morgan fingerprint density at radius 1 is 0.884 bits per heavy atom. The van der Waals surface area contributed by atoms with E-state index in [1.54, 1.807) is 0 Å². The van der Waals surface area contributed by atoms with Crippen LogP contribution in [0.2, 0.25) is 5.15 Å². The number of aryl methyl sites for hydroxylation is 2. The van der Waals surface area contributed by atoms with Crippen LogP contribution in [0.5, 0.6) is 0 Å². The quantitative estimate of drug-likeness (QED) is 0.0854. The number of benzene rings is 2. The fourth-order valence-corrected chi connectivity index (χ4v) is 4.48. The van der Waals surface area contributed by atoms with Crippen LogP contribution in [0.25, 0.3) is 11.1 Å². The highest BCUT2D eigenvalue weighted by Gasteiger charge is 2.16. The monoisotopic (exact) mass is 607 g/mol. The lowest BCUT2D eigenvalue weighted by Crippen LogP contribution is -2.38. The highest BCUT2D eigenvalue weighted by atomic mass is 35.5. The SMILES string of the molecule is CC(N)CCCCNC(=O)CCc1ccc(-c2ccc(CCCCN=C(N)NC(=O)c3nc(Cl)c(N)nc3N)cc2)cc1. The van der Waals surface area contributed by atoms with Crippen LogP contribution in [0.4, 0.5) is 11.6 Å². The van der Waals surface area contributed by atoms with Gasteiger partial charge < -0.3 is 28.3 Å². The Hall–Kier alpha value is -4.22. The van der Waals surface area contributed by atoms with Crippen LogP contribution in [-0.2, 0) is 17.6 Å². The third-order valence-electron chi connectivity index (χ3n) is 6.81. The van der Waals surface area contributed by atoms with Gasteiger partial charge in [0.1, 0.15) is 0 Å². The summed E-state index contributed by atoms with van der Waals surface area (Å²) in [5.74, 6) is -0.822. The molecule has 10 N–H and O–H groups in total. The molecule has 0 aliphatic carbocycles. The molecule has 1 heterocycles. The minimum absolute atomic E-state index is 0.0402. The van der Waals surface area contributed by atoms with Gasteiger partial charge in [-0.25, -0.2) is 9.97 Å². The number of nitrogen functional groups attached to an aromatic ring is 2. The fraction of sp³-hybridized carbons (Fsp3) is 0.387. The number of hydrogen-bond donors (Lipinski definition) is 6. The summed E-state index contributed by atoms with van der Waals surface area (Å²) in [5.41, 5.74) is 27.3. The van der Waals surface area contributed by atoms with E-state index in [9.17, 15) is 9.59 Å². The Labute approximate surface area is 257 Å². The molecule has 43 heavy (non-hydrogen) atoms. The van der Waals surface area contributed by atoms with Crippen molar-refractivity contribution in [2.45, 2.75) is 64.3 Å². The highest BCUT2D eigenvalue weighted by molar-refractivity contribution is 6.31. The van der Waals surface area contributed by atoms with Crippen LogP contribution in [0, 0.1) is 0 Å². The van der Waals surface area contributed by atoms with Gasteiger partial charge in [0.2, 0.25) is 5.91 Å². The van der Waals surface area contributed by atoms with Gasteiger partial charge in [-0.05, 0) is 67.7 Å². The molecule has 1 atom stereocenters. The van der Waals surface area contributed by atoms with Crippen molar-refractivity contribution in [2.75, 3.05) is 24.6 Å². The van der Waals surface area contributed by atoms with Gasteiger partial charge >= 0.3 is 0 Å². The number of anilines is 2. The number of amides is 2. The molecule has 0 aliphatic heterocycles. The van der Waals surface area contributed by atoms with Gasteiger partial charge in [-0.15, -0.1) is 0 Å². The van der Waals surface area contributed by atoms with Crippen LogP contribution in [0.1, 0.15) is 67.1 Å². The maximum Gasteiger partial charge on any atom is 0.280 e. The van der Waals surface area contributed by atoms with E-state index in [0.29, 0.717) is 25.9 Å². The lowest BCUT2D eigenvalue weighted by Gasteiger charge is -2.08. The highest BCUT2D eigenvalue weighted by Crippen LogP contribution is 2.22. The summed E-state index contributed by atoms with van der Waals surface area (Å²) in [7, 11) is 0. The van der Waals surface area contributed by atoms with Gasteiger partial charge in [0, 0.05) is 25.6 Å². The van der Waals surface area contributed by atoms with Crippen LogP contribution in [-0.4, -0.2) is 46.9 Å². The molecule has 230 valence electrons. The van der Waals surface area contributed by atoms with Crippen molar-refractivity contribution in [3.8, 4) is 11.1 Å². The van der Waals surface area contributed by atoms with E-state index >= 15 is 0 Å². The Morgan fingerprint density at radius 3 is 2.14 bits per heavy atom. The molecule has 3 rings (SSSR count). The number of aromatic nitrogens is 2. The normalized spacial score (nSPS) is 12.1. The first-order valence-electron chi connectivity index (χ1n) is 14.5. The Balaban J connectivity index is 1.36. The van der Waals surface area contributed by atoms with Crippen LogP contribution in [0.3, 0.4) is 0 Å². The van der Waals surface area contributed by atoms with Gasteiger partial charge in [-0.3, -0.25) is 19.9 Å². The standard InChI is InChI=1S/C31H42ClN9O2/c1-20(33)6-2-4-18-37-25(42)17-12-22-10-15-24(16-11-22)23-13-8-21(9-14-23)7-3-5-19-38-31(36)41-30(43)26-28(34)40-29(35)27(32)39-26/h8-11,13-16,20H,2-7,12,17-19,33H2,1H3,(H,37,42)(H4,34,35,40)(H3,36,38,41,43). The summed E-state index contributed by atoms with van der Waals surface area (Å²) in [5, 5.41) is 5.30. The molecule has 11 nitrogen and oxygen atoms in total. The topological polar surface area (TPSA) is 200 Å². The number of nitrogens with one attached hydrogen (secondary N) is 2. The van der Waals surface area contributed by atoms with Crippen molar-refractivity contribution in [1.29, 1.82) is 0 Å². The number of unbranched alkanes of at least 4 members (excludes halogenated alkanes) is 2. The van der Waals surface area contributed by atoms with Crippen LogP contribution < -0.4 is 33.6 Å². The molecule has 0 spiro atoms. The molecule has 3 aromatic rings. The summed E-state index contributed by atoms with van der Waals surface area (Å²) in [6, 6.07) is 17.1. The number of carbonyl (C=O) groups is 2. The van der Waals surface area contributed by atoms with E-state index in [4.69, 9.17) is 34.5 Å². The summed E-state index contributed by atoms with van der Waals surface area (Å²) >= 11 is 5.81. The van der Waals surface area contributed by atoms with Crippen molar-refractivity contribution in [1.82, 2.24) is 20.6 Å². The maximum absolute atomic E-state index is 12.3. The minimum Gasteiger partial charge on any atom is -0.382 e. The molecule has 2 amide bonds. The predicted molar refractivity (Wildman–Crippen MR) is 173 cm³/mol. The minimum atomic E-state index is -0.662. The average molecular weight is 608 g/mol. The lowest BCUT2D eigenvalue weighted by molar-refractivity contribution is -0.121. The molecule has 2 aromatic carbocycles. The van der Waals surface area contributed by atoms with E-state index < -0.39 is 5.91 Å². The van der Waals surface area contributed by atoms with Gasteiger partial charge in [0.25, 0.3) is 5.91 Å². The molecule has 0 radical (unpaired) electrons. The molecule has 0 aliphatic rings. The van der Waals surface area contributed by atoms with Gasteiger partial charge in [-0.2, -0.15) is 0 Å². The molecule has 1 unspecified atom stereocenters. The molecule has 1 aromatic heterocycles. The van der Waals surface area contributed by atoms with Crippen LogP contribution >= 0.6 is 11.6 Å². The number of aliphatic imine (C=N–C) groups is 1. The van der Waals surface area contributed by atoms with E-state index in [1.165, 1.54) is 5.56 Å². The molecule has 0 fully saturated rings. The zero-order valence-electron chi connectivity index (χ0n) is 24.6. The number of rotatable bonds is 15. The second kappa shape index (κ2) is 17.0. The second-order valence-corrected chi connectivity index (χ2v) is 10.9. The van der Waals surface area contributed by atoms with Crippen molar-refractivity contribution >= 4 is 41.0 Å². The second-order valence-electron chi connectivity index (χ2n) is 10.5. The first-order chi connectivity index (χ1) is 20.6. The lowest BCUT2D eigenvalue weighted by atomic mass is 9.99. The molecule has 0 saturated carbocycles. The zero-order valence-corrected chi connectivity index (χ0v) is 25.4. The first kappa shape index (κ1) is 33.3. The smallest absolute Gasteiger partial charge is 0.280 e. The molecule has 0 saturated heterocycles. The van der Waals surface area contributed by atoms with E-state index in [0.717, 1.165) is 55.2 Å². The number of carbonyl (C=O) groups excluding carboxylic acids is 2. The molecular formula is C31H42ClN9O2. The van der Waals surface area contributed by atoms with Gasteiger partial charge in [-0.1, -0.05) is 66.6 Å². The van der Waals surface area contributed by atoms with Crippen molar-refractivity contribution in [3.05, 3.63) is 70.5 Å². The maximum atomic E-state index is 12.3. The number of nitrogens with zero attached hydrogens (tertiary/aromatic N) is 3. The molecule has 12 heteroatoms. The van der Waals surface area contributed by atoms with Crippen molar-refractivity contribution in [2.24, 2.45) is 16.5 Å². The predicted octanol–water partition coefficient (Wildman–Crippen LogP) is 3.60. The van der Waals surface area contributed by atoms with Gasteiger partial charge in [0.05, 0.1) is 0 Å².